The molecule has 3 aromatic carbocycles. The van der Waals surface area contributed by atoms with Crippen LogP contribution in [0.15, 0.2) is 90.1 Å². The standard InChI is InChI=1S/C21H19NO3/c1-3-7-18(8-4-1)17-22-24-16-15-23-19-11-13-21(14-12-19)25-20-9-5-2-6-10-20/h1-14,17H,15-16H2/b22-17+. The summed E-state index contributed by atoms with van der Waals surface area (Å²) in [6.07, 6.45) is 1.68. The fourth-order valence-corrected chi connectivity index (χ4v) is 2.12. The van der Waals surface area contributed by atoms with Crippen molar-refractivity contribution in [1.29, 1.82) is 0 Å². The minimum absolute atomic E-state index is 0.381. The molecule has 0 spiro atoms. The van der Waals surface area contributed by atoms with Crippen LogP contribution in [-0.2, 0) is 4.84 Å². The molecular weight excluding hydrogens is 314 g/mol. The Balaban J connectivity index is 1.38. The SMILES string of the molecule is C(=N\OCCOc1ccc(Oc2ccccc2)cc1)/c1ccccc1. The molecule has 0 unspecified atom stereocenters. The van der Waals surface area contributed by atoms with Crippen LogP contribution in [0.4, 0.5) is 0 Å². The van der Waals surface area contributed by atoms with Crippen molar-refractivity contribution in [2.24, 2.45) is 5.16 Å². The molecule has 4 nitrogen and oxygen atoms in total. The summed E-state index contributed by atoms with van der Waals surface area (Å²) < 4.78 is 11.3. The Morgan fingerprint density at radius 3 is 1.96 bits per heavy atom. The van der Waals surface area contributed by atoms with Crippen molar-refractivity contribution >= 4 is 6.21 Å². The monoisotopic (exact) mass is 333 g/mol. The van der Waals surface area contributed by atoms with E-state index in [9.17, 15) is 0 Å². The van der Waals surface area contributed by atoms with Crippen molar-refractivity contribution in [3.8, 4) is 17.2 Å². The Morgan fingerprint density at radius 1 is 0.640 bits per heavy atom. The molecule has 0 fully saturated rings. The number of ether oxygens (including phenoxy) is 2. The van der Waals surface area contributed by atoms with Gasteiger partial charge in [-0.2, -0.15) is 0 Å². The molecule has 0 atom stereocenters. The van der Waals surface area contributed by atoms with Crippen LogP contribution >= 0.6 is 0 Å². The van der Waals surface area contributed by atoms with Crippen LogP contribution in [0.2, 0.25) is 0 Å². The molecule has 126 valence electrons. The lowest BCUT2D eigenvalue weighted by molar-refractivity contribution is 0.108. The highest BCUT2D eigenvalue weighted by Gasteiger charge is 1.98. The van der Waals surface area contributed by atoms with E-state index in [1.165, 1.54) is 0 Å². The maximum Gasteiger partial charge on any atom is 0.151 e. The molecule has 0 amide bonds. The van der Waals surface area contributed by atoms with Crippen LogP contribution in [0.3, 0.4) is 0 Å². The zero-order chi connectivity index (χ0) is 17.2. The van der Waals surface area contributed by atoms with E-state index in [0.29, 0.717) is 13.2 Å². The average Bonchev–Trinajstić information content (AvgIpc) is 2.67. The first-order chi connectivity index (χ1) is 12.4. The highest BCUT2D eigenvalue weighted by molar-refractivity contribution is 5.78. The molecule has 25 heavy (non-hydrogen) atoms. The molecule has 4 heteroatoms. The van der Waals surface area contributed by atoms with E-state index in [1.54, 1.807) is 6.21 Å². The molecule has 0 saturated carbocycles. The Hall–Kier alpha value is -3.27. The summed E-state index contributed by atoms with van der Waals surface area (Å²) in [6, 6.07) is 26.9. The van der Waals surface area contributed by atoms with Gasteiger partial charge in [0.05, 0.1) is 6.21 Å². The summed E-state index contributed by atoms with van der Waals surface area (Å²) >= 11 is 0. The minimum Gasteiger partial charge on any atom is -0.490 e. The molecule has 0 bridgehead atoms. The molecule has 0 saturated heterocycles. The maximum absolute atomic E-state index is 5.73. The molecule has 0 aliphatic carbocycles. The third kappa shape index (κ3) is 5.70. The molecule has 0 N–H and O–H groups in total. The highest BCUT2D eigenvalue weighted by Crippen LogP contribution is 2.23. The van der Waals surface area contributed by atoms with E-state index in [1.807, 2.05) is 84.9 Å². The van der Waals surface area contributed by atoms with E-state index >= 15 is 0 Å². The van der Waals surface area contributed by atoms with Crippen LogP contribution in [0.25, 0.3) is 0 Å². The summed E-state index contributed by atoms with van der Waals surface area (Å²) in [4.78, 5) is 5.18. The Morgan fingerprint density at radius 2 is 1.24 bits per heavy atom. The quantitative estimate of drug-likeness (QED) is 0.334. The number of oxime groups is 1. The number of nitrogens with zero attached hydrogens (tertiary/aromatic N) is 1. The van der Waals surface area contributed by atoms with Gasteiger partial charge < -0.3 is 14.3 Å². The van der Waals surface area contributed by atoms with E-state index in [-0.39, 0.29) is 0 Å². The minimum atomic E-state index is 0.381. The summed E-state index contributed by atoms with van der Waals surface area (Å²) in [7, 11) is 0. The van der Waals surface area contributed by atoms with Gasteiger partial charge in [0.2, 0.25) is 0 Å². The van der Waals surface area contributed by atoms with Gasteiger partial charge in [0.15, 0.2) is 6.61 Å². The van der Waals surface area contributed by atoms with Crippen LogP contribution in [0, 0.1) is 0 Å². The lowest BCUT2D eigenvalue weighted by atomic mass is 10.2. The van der Waals surface area contributed by atoms with E-state index in [0.717, 1.165) is 22.8 Å². The van der Waals surface area contributed by atoms with Gasteiger partial charge in [-0.25, -0.2) is 0 Å². The van der Waals surface area contributed by atoms with Crippen molar-refractivity contribution in [2.45, 2.75) is 0 Å². The highest BCUT2D eigenvalue weighted by atomic mass is 16.6. The fraction of sp³-hybridized carbons (Fsp3) is 0.0952. The number of rotatable bonds is 8. The van der Waals surface area contributed by atoms with Crippen LogP contribution < -0.4 is 9.47 Å². The second-order valence-electron chi connectivity index (χ2n) is 5.21. The first-order valence-electron chi connectivity index (χ1n) is 8.06. The number of para-hydroxylation sites is 1. The number of hydrogen-bond acceptors (Lipinski definition) is 4. The smallest absolute Gasteiger partial charge is 0.151 e. The summed E-state index contributed by atoms with van der Waals surface area (Å²) in [5.41, 5.74) is 0.998. The first kappa shape index (κ1) is 16.6. The van der Waals surface area contributed by atoms with Crippen molar-refractivity contribution in [2.75, 3.05) is 13.2 Å². The molecule has 3 rings (SSSR count). The number of benzene rings is 3. The van der Waals surface area contributed by atoms with Gasteiger partial charge in [-0.1, -0.05) is 53.7 Å². The van der Waals surface area contributed by atoms with Gasteiger partial charge >= 0.3 is 0 Å². The third-order valence-corrected chi connectivity index (χ3v) is 3.32. The maximum atomic E-state index is 5.73. The van der Waals surface area contributed by atoms with Crippen molar-refractivity contribution in [1.82, 2.24) is 0 Å². The lowest BCUT2D eigenvalue weighted by Gasteiger charge is -2.08. The predicted octanol–water partition coefficient (Wildman–Crippen LogP) is 4.91. The fourth-order valence-electron chi connectivity index (χ4n) is 2.12. The molecule has 0 aliphatic heterocycles. The third-order valence-electron chi connectivity index (χ3n) is 3.32. The van der Waals surface area contributed by atoms with E-state index < -0.39 is 0 Å². The van der Waals surface area contributed by atoms with Crippen molar-refractivity contribution < 1.29 is 14.3 Å². The molecule has 3 aromatic rings. The summed E-state index contributed by atoms with van der Waals surface area (Å²) in [6.45, 7) is 0.802. The molecule has 0 aromatic heterocycles. The zero-order valence-electron chi connectivity index (χ0n) is 13.7. The van der Waals surface area contributed by atoms with E-state index in [4.69, 9.17) is 14.3 Å². The van der Waals surface area contributed by atoms with Gasteiger partial charge in [-0.05, 0) is 42.0 Å². The Labute approximate surface area is 147 Å². The van der Waals surface area contributed by atoms with Gasteiger partial charge in [0, 0.05) is 0 Å². The summed E-state index contributed by atoms with van der Waals surface area (Å²) in [5, 5.41) is 3.91. The average molecular weight is 333 g/mol. The van der Waals surface area contributed by atoms with Crippen LogP contribution in [0.5, 0.6) is 17.2 Å². The second kappa shape index (κ2) is 9.13. The van der Waals surface area contributed by atoms with Gasteiger partial charge in [0.25, 0.3) is 0 Å². The molecular formula is C21H19NO3. The van der Waals surface area contributed by atoms with Crippen LogP contribution in [-0.4, -0.2) is 19.4 Å². The molecule has 0 aliphatic rings. The molecule has 0 radical (unpaired) electrons. The van der Waals surface area contributed by atoms with Gasteiger partial charge in [0.1, 0.15) is 23.9 Å². The largest absolute Gasteiger partial charge is 0.490 e. The predicted molar refractivity (Wildman–Crippen MR) is 98.4 cm³/mol. The lowest BCUT2D eigenvalue weighted by Crippen LogP contribution is -2.04. The topological polar surface area (TPSA) is 40.0 Å². The number of hydrogen-bond donors (Lipinski definition) is 0. The first-order valence-corrected chi connectivity index (χ1v) is 8.06. The normalized spacial score (nSPS) is 10.6. The Bertz CT molecular complexity index is 771. The van der Waals surface area contributed by atoms with Crippen molar-refractivity contribution in [3.05, 3.63) is 90.5 Å². The summed E-state index contributed by atoms with van der Waals surface area (Å²) in [5.74, 6) is 2.33. The second-order valence-corrected chi connectivity index (χ2v) is 5.21. The van der Waals surface area contributed by atoms with Gasteiger partial charge in [-0.3, -0.25) is 0 Å². The van der Waals surface area contributed by atoms with Crippen molar-refractivity contribution in [3.63, 3.8) is 0 Å². The van der Waals surface area contributed by atoms with E-state index in [2.05, 4.69) is 5.16 Å². The zero-order valence-corrected chi connectivity index (χ0v) is 13.7. The Kier molecular flexibility index (Phi) is 6.06. The van der Waals surface area contributed by atoms with Gasteiger partial charge in [-0.15, -0.1) is 0 Å². The van der Waals surface area contributed by atoms with Crippen LogP contribution in [0.1, 0.15) is 5.56 Å². The molecule has 0 heterocycles.